The molecule has 106 valence electrons. The number of nitrogens with zero attached hydrogens (tertiary/aromatic N) is 1. The van der Waals surface area contributed by atoms with Gasteiger partial charge in [-0.3, -0.25) is 0 Å². The Kier molecular flexibility index (Phi) is 4.51. The van der Waals surface area contributed by atoms with Crippen molar-refractivity contribution in [2.24, 2.45) is 0 Å². The molecule has 0 aromatic heterocycles. The summed E-state index contributed by atoms with van der Waals surface area (Å²) >= 11 is 0. The van der Waals surface area contributed by atoms with E-state index in [4.69, 9.17) is 4.74 Å². The number of rotatable bonds is 5. The van der Waals surface area contributed by atoms with Crippen molar-refractivity contribution in [3.63, 3.8) is 0 Å². The number of benzene rings is 2. The molecule has 2 rings (SSSR count). The molecule has 0 heterocycles. The molecule has 1 atom stereocenters. The third kappa shape index (κ3) is 3.05. The Bertz CT molecular complexity index is 551. The molecule has 0 amide bonds. The summed E-state index contributed by atoms with van der Waals surface area (Å²) in [6.45, 7) is 2.16. The Labute approximate surface area is 120 Å². The van der Waals surface area contributed by atoms with Crippen LogP contribution in [0.3, 0.4) is 0 Å². The van der Waals surface area contributed by atoms with E-state index in [1.807, 2.05) is 30.3 Å². The second kappa shape index (κ2) is 6.33. The zero-order valence-electron chi connectivity index (χ0n) is 12.2. The Morgan fingerprint density at radius 1 is 1.15 bits per heavy atom. The van der Waals surface area contributed by atoms with Gasteiger partial charge in [0.05, 0.1) is 13.2 Å². The third-order valence-electron chi connectivity index (χ3n) is 3.59. The first-order valence-electron chi connectivity index (χ1n) is 6.81. The fraction of sp³-hybridized carbons (Fsp3) is 0.294. The summed E-state index contributed by atoms with van der Waals surface area (Å²) in [5, 5.41) is 9.40. The molecule has 0 saturated heterocycles. The lowest BCUT2D eigenvalue weighted by molar-refractivity contribution is 0.414. The number of hydrogen-bond acceptors (Lipinski definition) is 3. The summed E-state index contributed by atoms with van der Waals surface area (Å²) in [7, 11) is 3.76. The zero-order chi connectivity index (χ0) is 14.5. The third-order valence-corrected chi connectivity index (χ3v) is 3.59. The number of anilines is 1. The fourth-order valence-corrected chi connectivity index (χ4v) is 2.44. The Morgan fingerprint density at radius 2 is 1.85 bits per heavy atom. The highest BCUT2D eigenvalue weighted by Gasteiger charge is 2.16. The summed E-state index contributed by atoms with van der Waals surface area (Å²) in [5.41, 5.74) is 2.31. The predicted octanol–water partition coefficient (Wildman–Crippen LogP) is 3.99. The minimum atomic E-state index is 0.266. The van der Waals surface area contributed by atoms with Gasteiger partial charge in [-0.05, 0) is 36.2 Å². The molecule has 0 bridgehead atoms. The molecule has 1 N–H and O–H groups in total. The van der Waals surface area contributed by atoms with Crippen molar-refractivity contribution in [2.45, 2.75) is 19.4 Å². The molecule has 0 saturated carbocycles. The van der Waals surface area contributed by atoms with Gasteiger partial charge in [-0.25, -0.2) is 0 Å². The smallest absolute Gasteiger partial charge is 0.120 e. The maximum absolute atomic E-state index is 9.40. The average molecular weight is 271 g/mol. The van der Waals surface area contributed by atoms with Gasteiger partial charge in [-0.1, -0.05) is 25.1 Å². The van der Waals surface area contributed by atoms with Crippen molar-refractivity contribution in [1.82, 2.24) is 0 Å². The minimum Gasteiger partial charge on any atom is -0.508 e. The van der Waals surface area contributed by atoms with E-state index in [-0.39, 0.29) is 6.04 Å². The summed E-state index contributed by atoms with van der Waals surface area (Å²) in [4.78, 5) is 2.23. The van der Waals surface area contributed by atoms with Gasteiger partial charge in [0.15, 0.2) is 0 Å². The lowest BCUT2D eigenvalue weighted by Gasteiger charge is -2.30. The van der Waals surface area contributed by atoms with Gasteiger partial charge in [0.1, 0.15) is 11.5 Å². The van der Waals surface area contributed by atoms with Gasteiger partial charge >= 0.3 is 0 Å². The van der Waals surface area contributed by atoms with Gasteiger partial charge in [0.25, 0.3) is 0 Å². The molecule has 0 aliphatic rings. The zero-order valence-corrected chi connectivity index (χ0v) is 12.2. The van der Waals surface area contributed by atoms with Crippen LogP contribution in [0.5, 0.6) is 11.5 Å². The van der Waals surface area contributed by atoms with Crippen molar-refractivity contribution >= 4 is 5.69 Å². The van der Waals surface area contributed by atoms with Crippen LogP contribution in [0.4, 0.5) is 5.69 Å². The lowest BCUT2D eigenvalue weighted by Crippen LogP contribution is -2.23. The van der Waals surface area contributed by atoms with E-state index in [2.05, 4.69) is 24.9 Å². The minimum absolute atomic E-state index is 0.266. The topological polar surface area (TPSA) is 32.7 Å². The van der Waals surface area contributed by atoms with Gasteiger partial charge in [0, 0.05) is 18.8 Å². The van der Waals surface area contributed by atoms with Gasteiger partial charge < -0.3 is 14.7 Å². The SMILES string of the molecule is CCC(c1ccc(O)cc1)N(C)c1cccc(OC)c1. The van der Waals surface area contributed by atoms with Crippen LogP contribution in [-0.2, 0) is 0 Å². The van der Waals surface area contributed by atoms with Crippen molar-refractivity contribution in [3.8, 4) is 11.5 Å². The predicted molar refractivity (Wildman–Crippen MR) is 82.5 cm³/mol. The Hall–Kier alpha value is -2.16. The van der Waals surface area contributed by atoms with Crippen molar-refractivity contribution < 1.29 is 9.84 Å². The second-order valence-electron chi connectivity index (χ2n) is 4.83. The molecule has 0 radical (unpaired) electrons. The molecule has 0 aliphatic carbocycles. The number of phenols is 1. The molecule has 2 aromatic carbocycles. The van der Waals surface area contributed by atoms with Crippen LogP contribution in [-0.4, -0.2) is 19.3 Å². The average Bonchev–Trinajstić information content (AvgIpc) is 2.50. The van der Waals surface area contributed by atoms with E-state index in [0.717, 1.165) is 17.9 Å². The number of hydrogen-bond donors (Lipinski definition) is 1. The summed E-state index contributed by atoms with van der Waals surface area (Å²) < 4.78 is 5.28. The van der Waals surface area contributed by atoms with Crippen LogP contribution in [0.2, 0.25) is 0 Å². The molecule has 0 spiro atoms. The number of methoxy groups -OCH3 is 1. The van der Waals surface area contributed by atoms with Crippen LogP contribution in [0, 0.1) is 0 Å². The van der Waals surface area contributed by atoms with E-state index in [9.17, 15) is 5.11 Å². The molecule has 0 fully saturated rings. The van der Waals surface area contributed by atoms with Crippen LogP contribution in [0.25, 0.3) is 0 Å². The van der Waals surface area contributed by atoms with E-state index in [1.165, 1.54) is 5.56 Å². The monoisotopic (exact) mass is 271 g/mol. The first-order chi connectivity index (χ1) is 9.65. The molecule has 3 heteroatoms. The maximum Gasteiger partial charge on any atom is 0.120 e. The molecule has 0 aliphatic heterocycles. The summed E-state index contributed by atoms with van der Waals surface area (Å²) in [6.07, 6.45) is 0.985. The lowest BCUT2D eigenvalue weighted by atomic mass is 10.0. The van der Waals surface area contributed by atoms with Crippen LogP contribution in [0.1, 0.15) is 24.9 Å². The molecular weight excluding hydrogens is 250 g/mol. The van der Waals surface area contributed by atoms with E-state index in [0.29, 0.717) is 5.75 Å². The number of aromatic hydroxyl groups is 1. The molecule has 20 heavy (non-hydrogen) atoms. The molecule has 2 aromatic rings. The largest absolute Gasteiger partial charge is 0.508 e. The van der Waals surface area contributed by atoms with Crippen molar-refractivity contribution in [1.29, 1.82) is 0 Å². The molecule has 1 unspecified atom stereocenters. The standard InChI is InChI=1S/C17H21NO2/c1-4-17(13-8-10-15(19)11-9-13)18(2)14-6-5-7-16(12-14)20-3/h5-12,17,19H,4H2,1-3H3. The van der Waals surface area contributed by atoms with Gasteiger partial charge in [-0.15, -0.1) is 0 Å². The Morgan fingerprint density at radius 3 is 2.45 bits per heavy atom. The number of phenolic OH excluding ortho intramolecular Hbond substituents is 1. The Balaban J connectivity index is 2.28. The highest BCUT2D eigenvalue weighted by molar-refractivity contribution is 5.52. The first kappa shape index (κ1) is 14.3. The van der Waals surface area contributed by atoms with E-state index >= 15 is 0 Å². The summed E-state index contributed by atoms with van der Waals surface area (Å²) in [6, 6.07) is 15.7. The quantitative estimate of drug-likeness (QED) is 0.892. The summed E-state index contributed by atoms with van der Waals surface area (Å²) in [5.74, 6) is 1.16. The fourth-order valence-electron chi connectivity index (χ4n) is 2.44. The second-order valence-corrected chi connectivity index (χ2v) is 4.83. The highest BCUT2D eigenvalue weighted by atomic mass is 16.5. The maximum atomic E-state index is 9.40. The van der Waals surface area contributed by atoms with E-state index < -0.39 is 0 Å². The normalized spacial score (nSPS) is 11.9. The first-order valence-corrected chi connectivity index (χ1v) is 6.81. The van der Waals surface area contributed by atoms with E-state index in [1.54, 1.807) is 19.2 Å². The number of ether oxygens (including phenoxy) is 1. The van der Waals surface area contributed by atoms with Gasteiger partial charge in [0.2, 0.25) is 0 Å². The highest BCUT2D eigenvalue weighted by Crippen LogP contribution is 2.30. The van der Waals surface area contributed by atoms with Crippen molar-refractivity contribution in [3.05, 3.63) is 54.1 Å². The van der Waals surface area contributed by atoms with Crippen LogP contribution < -0.4 is 9.64 Å². The van der Waals surface area contributed by atoms with Gasteiger partial charge in [-0.2, -0.15) is 0 Å². The molecule has 3 nitrogen and oxygen atoms in total. The van der Waals surface area contributed by atoms with Crippen LogP contribution >= 0.6 is 0 Å². The molecular formula is C17H21NO2. The van der Waals surface area contributed by atoms with Crippen LogP contribution in [0.15, 0.2) is 48.5 Å². The van der Waals surface area contributed by atoms with Crippen molar-refractivity contribution in [2.75, 3.05) is 19.1 Å².